The number of imidazole rings is 1. The molecule has 43 heavy (non-hydrogen) atoms. The first kappa shape index (κ1) is 28.4. The van der Waals surface area contributed by atoms with Crippen LogP contribution in [0.25, 0.3) is 33.5 Å². The van der Waals surface area contributed by atoms with Crippen molar-refractivity contribution in [2.45, 2.75) is 46.1 Å². The van der Waals surface area contributed by atoms with Crippen molar-refractivity contribution in [3.8, 4) is 22.5 Å². The smallest absolute Gasteiger partial charge is 0.205 e. The van der Waals surface area contributed by atoms with Gasteiger partial charge in [-0.3, -0.25) is 0 Å². The molecule has 1 atom stereocenters. The van der Waals surface area contributed by atoms with Gasteiger partial charge in [0.15, 0.2) is 0 Å². The number of aromatic nitrogens is 6. The highest BCUT2D eigenvalue weighted by atomic mass is 32.1. The van der Waals surface area contributed by atoms with Gasteiger partial charge in [-0.2, -0.15) is 5.21 Å². The largest absolute Gasteiger partial charge is 0.375 e. The quantitative estimate of drug-likeness (QED) is 0.165. The molecule has 0 radical (unpaired) electrons. The Morgan fingerprint density at radius 3 is 2.42 bits per heavy atom. The van der Waals surface area contributed by atoms with Crippen molar-refractivity contribution < 1.29 is 0 Å². The molecule has 4 aromatic carbocycles. The Kier molecular flexibility index (Phi) is 8.38. The molecule has 0 aliphatic rings. The van der Waals surface area contributed by atoms with Gasteiger partial charge in [0, 0.05) is 30.6 Å². The summed E-state index contributed by atoms with van der Waals surface area (Å²) >= 11 is 5.89. The Morgan fingerprint density at radius 1 is 0.953 bits per heavy atom. The molecule has 6 rings (SSSR count). The van der Waals surface area contributed by atoms with E-state index in [-0.39, 0.29) is 0 Å². The van der Waals surface area contributed by atoms with Crippen molar-refractivity contribution in [2.75, 3.05) is 6.54 Å². The molecule has 0 saturated carbocycles. The maximum absolute atomic E-state index is 5.89. The van der Waals surface area contributed by atoms with E-state index in [1.165, 1.54) is 11.1 Å². The molecule has 2 heterocycles. The van der Waals surface area contributed by atoms with Gasteiger partial charge in [0.25, 0.3) is 0 Å². The van der Waals surface area contributed by atoms with Crippen molar-refractivity contribution in [2.24, 2.45) is 0 Å². The lowest BCUT2D eigenvalue weighted by Gasteiger charge is -2.16. The molecule has 2 N–H and O–H groups in total. The lowest BCUT2D eigenvalue weighted by molar-refractivity contribution is 0.721. The van der Waals surface area contributed by atoms with Crippen molar-refractivity contribution in [1.82, 2.24) is 35.5 Å². The van der Waals surface area contributed by atoms with Crippen molar-refractivity contribution >= 4 is 28.2 Å². The minimum absolute atomic E-state index is 0.354. The highest BCUT2D eigenvalue weighted by molar-refractivity contribution is 7.80. The average molecular weight is 586 g/mol. The van der Waals surface area contributed by atoms with Crippen LogP contribution in [0.4, 0.5) is 0 Å². The van der Waals surface area contributed by atoms with Crippen LogP contribution >= 0.6 is 12.2 Å². The molecule has 216 valence electrons. The minimum atomic E-state index is 0.354. The minimum Gasteiger partial charge on any atom is -0.375 e. The Balaban J connectivity index is 1.27. The maximum atomic E-state index is 5.89. The number of H-pyrrole nitrogens is 1. The van der Waals surface area contributed by atoms with Crippen LogP contribution < -0.4 is 5.32 Å². The molecule has 7 nitrogen and oxygen atoms in total. The SMILES string of the molecule is CCCc1nc2c(C)cc(C(=S)NC[C@@H](C)c3ccccc3)cc2n1Cc1ccc(-c2ccccc2-c2nn[nH]n2)cc1. The molecule has 0 bridgehead atoms. The van der Waals surface area contributed by atoms with E-state index in [1.54, 1.807) is 0 Å². The third-order valence-corrected chi connectivity index (χ3v) is 8.30. The van der Waals surface area contributed by atoms with Crippen LogP contribution in [0.2, 0.25) is 0 Å². The van der Waals surface area contributed by atoms with E-state index >= 15 is 0 Å². The fourth-order valence-corrected chi connectivity index (χ4v) is 5.79. The molecule has 0 amide bonds. The Bertz CT molecular complexity index is 1840. The first-order valence-electron chi connectivity index (χ1n) is 14.8. The van der Waals surface area contributed by atoms with Gasteiger partial charge < -0.3 is 9.88 Å². The second-order valence-electron chi connectivity index (χ2n) is 11.0. The zero-order valence-electron chi connectivity index (χ0n) is 24.7. The van der Waals surface area contributed by atoms with Gasteiger partial charge in [0.1, 0.15) is 10.8 Å². The number of nitrogens with one attached hydrogen (secondary N) is 2. The van der Waals surface area contributed by atoms with E-state index in [4.69, 9.17) is 17.2 Å². The molecular formula is C35H35N7S. The first-order chi connectivity index (χ1) is 21.0. The lowest BCUT2D eigenvalue weighted by atomic mass is 9.98. The van der Waals surface area contributed by atoms with Gasteiger partial charge in [-0.15, -0.1) is 10.2 Å². The van der Waals surface area contributed by atoms with Gasteiger partial charge in [-0.05, 0) is 64.4 Å². The molecule has 0 aliphatic carbocycles. The Hall–Kier alpha value is -4.69. The number of benzene rings is 4. The number of nitrogens with zero attached hydrogens (tertiary/aromatic N) is 5. The zero-order chi connectivity index (χ0) is 29.8. The third kappa shape index (κ3) is 6.10. The van der Waals surface area contributed by atoms with Crippen LogP contribution in [0.1, 0.15) is 54.3 Å². The first-order valence-corrected chi connectivity index (χ1v) is 15.2. The number of hydrogen-bond acceptors (Lipinski definition) is 5. The summed E-state index contributed by atoms with van der Waals surface area (Å²) < 4.78 is 2.35. The summed E-state index contributed by atoms with van der Waals surface area (Å²) in [5, 5.41) is 18.2. The molecule has 0 saturated heterocycles. The predicted octanol–water partition coefficient (Wildman–Crippen LogP) is 7.26. The summed E-state index contributed by atoms with van der Waals surface area (Å²) in [5.74, 6) is 2.04. The second kappa shape index (κ2) is 12.7. The summed E-state index contributed by atoms with van der Waals surface area (Å²) in [6.07, 6.45) is 1.94. The normalized spacial score (nSPS) is 12.0. The maximum Gasteiger partial charge on any atom is 0.205 e. The van der Waals surface area contributed by atoms with Crippen LogP contribution in [-0.2, 0) is 13.0 Å². The predicted molar refractivity (Wildman–Crippen MR) is 177 cm³/mol. The fraction of sp³-hybridized carbons (Fsp3) is 0.229. The lowest BCUT2D eigenvalue weighted by Crippen LogP contribution is -2.26. The highest BCUT2D eigenvalue weighted by Crippen LogP contribution is 2.30. The van der Waals surface area contributed by atoms with E-state index in [1.807, 2.05) is 24.3 Å². The van der Waals surface area contributed by atoms with Gasteiger partial charge >= 0.3 is 0 Å². The molecule has 0 fully saturated rings. The second-order valence-corrected chi connectivity index (χ2v) is 11.4. The van der Waals surface area contributed by atoms with E-state index < -0.39 is 0 Å². The molecule has 6 aromatic rings. The van der Waals surface area contributed by atoms with Crippen LogP contribution in [0, 0.1) is 6.92 Å². The Morgan fingerprint density at radius 2 is 1.70 bits per heavy atom. The van der Waals surface area contributed by atoms with Crippen LogP contribution in [0.3, 0.4) is 0 Å². The average Bonchev–Trinajstić information content (AvgIpc) is 3.70. The zero-order valence-corrected chi connectivity index (χ0v) is 25.5. The molecule has 8 heteroatoms. The fourth-order valence-electron chi connectivity index (χ4n) is 5.59. The third-order valence-electron chi connectivity index (χ3n) is 7.92. The Labute approximate surface area is 257 Å². The van der Waals surface area contributed by atoms with Crippen molar-refractivity contribution in [3.05, 3.63) is 119 Å². The number of rotatable bonds is 10. The summed E-state index contributed by atoms with van der Waals surface area (Å²) in [5.41, 5.74) is 9.94. The number of tetrazole rings is 1. The van der Waals surface area contributed by atoms with Crippen LogP contribution in [0.15, 0.2) is 91.0 Å². The van der Waals surface area contributed by atoms with E-state index in [9.17, 15) is 0 Å². The van der Waals surface area contributed by atoms with E-state index in [0.717, 1.165) is 75.6 Å². The summed E-state index contributed by atoms with van der Waals surface area (Å²) in [6, 6.07) is 31.7. The molecule has 0 spiro atoms. The van der Waals surface area contributed by atoms with Gasteiger partial charge in [-0.25, -0.2) is 4.98 Å². The standard InChI is InChI=1S/C35H35N7S/c1-4-10-32-37-33-23(2)19-28(35(43)36-21-24(3)26-11-6-5-7-12-26)20-31(33)42(32)22-25-15-17-27(18-16-25)29-13-8-9-14-30(29)34-38-40-41-39-34/h5-9,11-20,24H,4,10,21-22H2,1-3H3,(H,36,43)(H,38,39,40,41)/t24-/m1/s1. The molecule has 2 aromatic heterocycles. The van der Waals surface area contributed by atoms with Crippen molar-refractivity contribution in [3.63, 3.8) is 0 Å². The monoisotopic (exact) mass is 585 g/mol. The number of thiocarbonyl (C=S) groups is 1. The van der Waals surface area contributed by atoms with E-state index in [0.29, 0.717) is 11.7 Å². The number of aryl methyl sites for hydroxylation is 2. The van der Waals surface area contributed by atoms with E-state index in [2.05, 4.69) is 118 Å². The topological polar surface area (TPSA) is 84.3 Å². The number of hydrogen-bond donors (Lipinski definition) is 2. The van der Waals surface area contributed by atoms with Gasteiger partial charge in [-0.1, -0.05) is 105 Å². The van der Waals surface area contributed by atoms with Crippen molar-refractivity contribution in [1.29, 1.82) is 0 Å². The van der Waals surface area contributed by atoms with Gasteiger partial charge in [0.2, 0.25) is 5.82 Å². The molecule has 0 aliphatic heterocycles. The van der Waals surface area contributed by atoms with Crippen LogP contribution in [-0.4, -0.2) is 41.7 Å². The highest BCUT2D eigenvalue weighted by Gasteiger charge is 2.16. The number of fused-ring (bicyclic) bond motifs is 1. The molecular weight excluding hydrogens is 551 g/mol. The summed E-state index contributed by atoms with van der Waals surface area (Å²) in [7, 11) is 0. The van der Waals surface area contributed by atoms with Gasteiger partial charge in [0.05, 0.1) is 11.0 Å². The summed E-state index contributed by atoms with van der Waals surface area (Å²) in [4.78, 5) is 5.86. The number of aromatic amines is 1. The van der Waals surface area contributed by atoms with Crippen LogP contribution in [0.5, 0.6) is 0 Å². The summed E-state index contributed by atoms with van der Waals surface area (Å²) in [6.45, 7) is 8.06. The molecule has 0 unspecified atom stereocenters.